The van der Waals surface area contributed by atoms with E-state index < -0.39 is 23.9 Å². The minimum atomic E-state index is -4.53. The molecule has 4 nitrogen and oxygen atoms in total. The Hall–Kier alpha value is -3.07. The van der Waals surface area contributed by atoms with E-state index in [0.29, 0.717) is 23.5 Å². The summed E-state index contributed by atoms with van der Waals surface area (Å²) in [5.74, 6) is -2.68. The van der Waals surface area contributed by atoms with E-state index in [1.165, 1.54) is 38.5 Å². The van der Waals surface area contributed by atoms with Crippen molar-refractivity contribution in [2.75, 3.05) is 7.11 Å². The number of hydrogen-bond donors (Lipinski definition) is 1. The molecule has 1 unspecified atom stereocenters. The fraction of sp³-hybridized carbons (Fsp3) is 0.370. The zero-order chi connectivity index (χ0) is 26.3. The van der Waals surface area contributed by atoms with Crippen LogP contribution in [0.3, 0.4) is 0 Å². The molecule has 0 saturated heterocycles. The molecule has 1 saturated carbocycles. The number of carbonyl (C=O) groups is 1. The maximum absolute atomic E-state index is 14.6. The van der Waals surface area contributed by atoms with Gasteiger partial charge in [0.1, 0.15) is 23.9 Å². The van der Waals surface area contributed by atoms with E-state index >= 15 is 0 Å². The van der Waals surface area contributed by atoms with Gasteiger partial charge in [-0.15, -0.1) is 11.3 Å². The van der Waals surface area contributed by atoms with Crippen LogP contribution in [0.25, 0.3) is 10.4 Å². The molecule has 0 amide bonds. The second kappa shape index (κ2) is 12.3. The molecule has 0 radical (unpaired) electrons. The van der Waals surface area contributed by atoms with Crippen LogP contribution in [-0.2, 0) is 17.8 Å². The lowest BCUT2D eigenvalue weighted by Crippen LogP contribution is -2.19. The molecule has 194 valence electrons. The van der Waals surface area contributed by atoms with Crippen LogP contribution in [0.2, 0.25) is 0 Å². The Kier molecular flexibility index (Phi) is 9.37. The van der Waals surface area contributed by atoms with Crippen molar-refractivity contribution in [3.05, 3.63) is 70.4 Å². The Labute approximate surface area is 211 Å². The maximum Gasteiger partial charge on any atom is 0.395 e. The molecule has 1 aromatic heterocycles. The molecule has 1 aliphatic carbocycles. The summed E-state index contributed by atoms with van der Waals surface area (Å²) in [6, 6.07) is 10.7. The third-order valence-corrected chi connectivity index (χ3v) is 6.60. The summed E-state index contributed by atoms with van der Waals surface area (Å²) < 4.78 is 66.5. The minimum absolute atomic E-state index is 0.0346. The van der Waals surface area contributed by atoms with Crippen LogP contribution in [0.5, 0.6) is 11.5 Å². The average molecular weight is 525 g/mol. The van der Waals surface area contributed by atoms with E-state index in [4.69, 9.17) is 14.6 Å². The second-order valence-corrected chi connectivity index (χ2v) is 9.38. The van der Waals surface area contributed by atoms with E-state index in [1.807, 2.05) is 0 Å². The Morgan fingerprint density at radius 3 is 2.44 bits per heavy atom. The highest BCUT2D eigenvalue weighted by atomic mass is 32.1. The van der Waals surface area contributed by atoms with Crippen molar-refractivity contribution >= 4 is 17.3 Å². The summed E-state index contributed by atoms with van der Waals surface area (Å²) in [6.07, 6.45) is 0.230. The van der Waals surface area contributed by atoms with Gasteiger partial charge in [-0.25, -0.2) is 4.39 Å². The van der Waals surface area contributed by atoms with Crippen molar-refractivity contribution in [3.8, 4) is 21.9 Å². The predicted octanol–water partition coefficient (Wildman–Crippen LogP) is 8.00. The smallest absolute Gasteiger partial charge is 0.395 e. The summed E-state index contributed by atoms with van der Waals surface area (Å²) in [7, 11) is 1.40. The number of ether oxygens (including phenoxy) is 2. The van der Waals surface area contributed by atoms with Gasteiger partial charge in [-0.1, -0.05) is 31.4 Å². The van der Waals surface area contributed by atoms with E-state index in [2.05, 4.69) is 0 Å². The van der Waals surface area contributed by atoms with Crippen molar-refractivity contribution in [1.29, 1.82) is 0 Å². The van der Waals surface area contributed by atoms with Gasteiger partial charge in [0, 0.05) is 22.4 Å². The van der Waals surface area contributed by atoms with E-state index in [0.717, 1.165) is 29.9 Å². The van der Waals surface area contributed by atoms with Crippen LogP contribution in [0.4, 0.5) is 17.6 Å². The number of aryl methyl sites for hydroxylation is 1. The summed E-state index contributed by atoms with van der Waals surface area (Å²) >= 11 is 1.02. The van der Waals surface area contributed by atoms with Gasteiger partial charge in [0.2, 0.25) is 0 Å². The van der Waals surface area contributed by atoms with Crippen LogP contribution in [0, 0.1) is 5.82 Å². The highest BCUT2D eigenvalue weighted by Crippen LogP contribution is 2.45. The molecule has 1 N–H and O–H groups in total. The van der Waals surface area contributed by atoms with Crippen LogP contribution < -0.4 is 9.47 Å². The average Bonchev–Trinajstić information content (AvgIpc) is 3.67. The molecule has 1 heterocycles. The molecule has 36 heavy (non-hydrogen) atoms. The fourth-order valence-corrected chi connectivity index (χ4v) is 4.54. The summed E-state index contributed by atoms with van der Waals surface area (Å²) in [4.78, 5) is 10.9. The van der Waals surface area contributed by atoms with Crippen molar-refractivity contribution in [1.82, 2.24) is 0 Å². The number of methoxy groups -OCH3 is 1. The van der Waals surface area contributed by atoms with Crippen molar-refractivity contribution in [2.45, 2.75) is 57.7 Å². The number of carboxylic acid groups (broad SMARTS) is 1. The number of hydrogen-bond acceptors (Lipinski definition) is 4. The van der Waals surface area contributed by atoms with Gasteiger partial charge < -0.3 is 14.6 Å². The van der Waals surface area contributed by atoms with Gasteiger partial charge in [-0.3, -0.25) is 4.79 Å². The van der Waals surface area contributed by atoms with E-state index in [9.17, 15) is 22.4 Å². The normalized spacial score (nSPS) is 13.4. The molecule has 9 heteroatoms. The highest BCUT2D eigenvalue weighted by molar-refractivity contribution is 7.14. The molecule has 3 aromatic rings. The first kappa shape index (κ1) is 27.5. The molecule has 1 fully saturated rings. The van der Waals surface area contributed by atoms with E-state index in [-0.39, 0.29) is 29.0 Å². The summed E-state index contributed by atoms with van der Waals surface area (Å²) in [6.45, 7) is 0.889. The highest BCUT2D eigenvalue weighted by Gasteiger charge is 2.40. The standard InChI is InChI=1S/C24H22F4O4S.C3H6/c1-14(24(26,27)28)22-16(12-32-18-5-3-4-15(10-18)6-9-21(29)30)13-33-23(22)19-11-17(31-2)7-8-20(19)25;1-2-3-1/h3-5,7-8,10-11,13-14H,6,9,12H2,1-2H3,(H,29,30);1-3H2. The lowest BCUT2D eigenvalue weighted by Gasteiger charge is -2.19. The Morgan fingerprint density at radius 1 is 1.11 bits per heavy atom. The first-order valence-electron chi connectivity index (χ1n) is 11.5. The Bertz CT molecular complexity index is 1170. The summed E-state index contributed by atoms with van der Waals surface area (Å²) in [5.41, 5.74) is 1.04. The van der Waals surface area contributed by atoms with Gasteiger partial charge in [0.25, 0.3) is 0 Å². The van der Waals surface area contributed by atoms with Crippen LogP contribution in [0.1, 0.15) is 55.2 Å². The van der Waals surface area contributed by atoms with Gasteiger partial charge in [-0.05, 0) is 60.2 Å². The monoisotopic (exact) mass is 524 g/mol. The van der Waals surface area contributed by atoms with Crippen molar-refractivity contribution in [3.63, 3.8) is 0 Å². The molecule has 1 aliphatic rings. The molecule has 1 atom stereocenters. The van der Waals surface area contributed by atoms with Gasteiger partial charge in [0.05, 0.1) is 13.0 Å². The number of rotatable bonds is 9. The van der Waals surface area contributed by atoms with Crippen LogP contribution in [0.15, 0.2) is 47.8 Å². The number of benzene rings is 2. The number of alkyl halides is 3. The first-order chi connectivity index (χ1) is 17.1. The molecule has 0 spiro atoms. The topological polar surface area (TPSA) is 55.8 Å². The Morgan fingerprint density at radius 2 is 1.83 bits per heavy atom. The zero-order valence-corrected chi connectivity index (χ0v) is 20.8. The molecule has 0 bridgehead atoms. The molecule has 0 aliphatic heterocycles. The number of halogens is 4. The predicted molar refractivity (Wildman–Crippen MR) is 131 cm³/mol. The second-order valence-electron chi connectivity index (χ2n) is 8.50. The van der Waals surface area contributed by atoms with Crippen molar-refractivity contribution < 1.29 is 36.9 Å². The molecular formula is C27H28F4O4S. The zero-order valence-electron chi connectivity index (χ0n) is 20.0. The van der Waals surface area contributed by atoms with E-state index in [1.54, 1.807) is 29.6 Å². The fourth-order valence-electron chi connectivity index (χ4n) is 3.37. The number of aliphatic carboxylic acids is 1. The third-order valence-electron chi connectivity index (χ3n) is 5.53. The largest absolute Gasteiger partial charge is 0.497 e. The SMILES string of the molecule is C1CC1.COc1ccc(F)c(-c2scc(COc3cccc(CCC(=O)O)c3)c2C(C)C(F)(F)F)c1. The maximum atomic E-state index is 14.6. The quantitative estimate of drug-likeness (QED) is 0.288. The number of thiophene rings is 1. The van der Waals surface area contributed by atoms with Gasteiger partial charge >= 0.3 is 12.1 Å². The lowest BCUT2D eigenvalue weighted by atomic mass is 9.94. The van der Waals surface area contributed by atoms with Crippen LogP contribution in [-0.4, -0.2) is 24.4 Å². The molecule has 4 rings (SSSR count). The Balaban J connectivity index is 0.00000112. The minimum Gasteiger partial charge on any atom is -0.497 e. The van der Waals surface area contributed by atoms with Gasteiger partial charge in [-0.2, -0.15) is 13.2 Å². The lowest BCUT2D eigenvalue weighted by molar-refractivity contribution is -0.146. The summed E-state index contributed by atoms with van der Waals surface area (Å²) in [5, 5.41) is 10.4. The first-order valence-corrected chi connectivity index (χ1v) is 12.4. The van der Waals surface area contributed by atoms with Crippen molar-refractivity contribution in [2.24, 2.45) is 0 Å². The van der Waals surface area contributed by atoms with Crippen LogP contribution >= 0.6 is 11.3 Å². The molecule has 2 aromatic carbocycles. The van der Waals surface area contributed by atoms with Gasteiger partial charge in [0.15, 0.2) is 0 Å². The number of carboxylic acids is 1. The third kappa shape index (κ3) is 7.71. The molecular weight excluding hydrogens is 496 g/mol.